The smallest absolute Gasteiger partial charge is 0.162 e. The molecule has 14 heavy (non-hydrogen) atoms. The summed E-state index contributed by atoms with van der Waals surface area (Å²) in [5, 5.41) is 7.69. The Kier molecular flexibility index (Phi) is 2.30. The lowest BCUT2D eigenvalue weighted by Crippen LogP contribution is -2.02. The third kappa shape index (κ3) is 1.43. The molecule has 0 atom stereocenters. The molecule has 0 bridgehead atoms. The van der Waals surface area contributed by atoms with Crippen LogP contribution < -0.4 is 5.73 Å². The van der Waals surface area contributed by atoms with E-state index in [0.29, 0.717) is 11.5 Å². The fourth-order valence-electron chi connectivity index (χ4n) is 1.20. The van der Waals surface area contributed by atoms with Crippen LogP contribution in [0, 0.1) is 3.70 Å². The number of anilines is 1. The highest BCUT2D eigenvalue weighted by Crippen LogP contribution is 2.23. The Morgan fingerprint density at radius 2 is 2.07 bits per heavy atom. The second-order valence-electron chi connectivity index (χ2n) is 3.36. The molecule has 0 spiro atoms. The van der Waals surface area contributed by atoms with Crippen LogP contribution in [0.15, 0.2) is 0 Å². The van der Waals surface area contributed by atoms with Crippen molar-refractivity contribution in [2.75, 3.05) is 5.73 Å². The van der Waals surface area contributed by atoms with Gasteiger partial charge in [-0.05, 0) is 22.6 Å². The van der Waals surface area contributed by atoms with Crippen molar-refractivity contribution in [1.29, 1.82) is 0 Å². The summed E-state index contributed by atoms with van der Waals surface area (Å²) < 4.78 is 0.811. The topological polar surface area (TPSA) is 80.5 Å². The summed E-state index contributed by atoms with van der Waals surface area (Å²) in [5.41, 5.74) is 6.54. The van der Waals surface area contributed by atoms with E-state index in [9.17, 15) is 0 Å². The minimum absolute atomic E-state index is 0.266. The van der Waals surface area contributed by atoms with E-state index in [0.717, 1.165) is 14.9 Å². The minimum atomic E-state index is 0.266. The molecule has 74 valence electrons. The highest BCUT2D eigenvalue weighted by molar-refractivity contribution is 14.1. The third-order valence-corrected chi connectivity index (χ3v) is 2.72. The van der Waals surface area contributed by atoms with Gasteiger partial charge in [-0.1, -0.05) is 13.8 Å². The molecular formula is C8H10IN5. The van der Waals surface area contributed by atoms with Gasteiger partial charge in [-0.3, -0.25) is 5.10 Å². The van der Waals surface area contributed by atoms with Crippen LogP contribution in [-0.4, -0.2) is 20.2 Å². The minimum Gasteiger partial charge on any atom is -0.383 e. The standard InChI is InChI=1S/C8H10IN5/c1-3(2)7-11-6(10)4-5(9)13-14-8(4)12-7/h3H,1-2H3,(H3,10,11,12,13,14). The number of hydrogen-bond donors (Lipinski definition) is 2. The number of nitrogens with zero attached hydrogens (tertiary/aromatic N) is 3. The zero-order chi connectivity index (χ0) is 10.3. The molecule has 0 aliphatic heterocycles. The zero-order valence-electron chi connectivity index (χ0n) is 7.87. The summed E-state index contributed by atoms with van der Waals surface area (Å²) in [4.78, 5) is 8.58. The molecule has 3 N–H and O–H groups in total. The molecule has 0 aliphatic carbocycles. The van der Waals surface area contributed by atoms with E-state index in [-0.39, 0.29) is 5.92 Å². The maximum absolute atomic E-state index is 5.82. The van der Waals surface area contributed by atoms with Crippen LogP contribution in [0.2, 0.25) is 0 Å². The Balaban J connectivity index is 2.74. The van der Waals surface area contributed by atoms with Crippen molar-refractivity contribution >= 4 is 39.4 Å². The first-order valence-corrected chi connectivity index (χ1v) is 5.34. The van der Waals surface area contributed by atoms with Gasteiger partial charge in [0.15, 0.2) is 5.65 Å². The molecule has 0 unspecified atom stereocenters. The lowest BCUT2D eigenvalue weighted by Gasteiger charge is -2.04. The molecule has 2 heterocycles. The predicted octanol–water partition coefficient (Wildman–Crippen LogP) is 1.66. The van der Waals surface area contributed by atoms with Gasteiger partial charge in [0.05, 0.1) is 5.39 Å². The van der Waals surface area contributed by atoms with Crippen LogP contribution in [0.3, 0.4) is 0 Å². The fourth-order valence-corrected chi connectivity index (χ4v) is 1.85. The van der Waals surface area contributed by atoms with Crippen molar-refractivity contribution in [3.05, 3.63) is 9.53 Å². The average molecular weight is 303 g/mol. The van der Waals surface area contributed by atoms with E-state index in [1.807, 2.05) is 13.8 Å². The van der Waals surface area contributed by atoms with Crippen molar-refractivity contribution in [2.24, 2.45) is 0 Å². The van der Waals surface area contributed by atoms with Crippen LogP contribution in [0.25, 0.3) is 11.0 Å². The van der Waals surface area contributed by atoms with Crippen LogP contribution >= 0.6 is 22.6 Å². The quantitative estimate of drug-likeness (QED) is 0.785. The zero-order valence-corrected chi connectivity index (χ0v) is 10.0. The van der Waals surface area contributed by atoms with Crippen LogP contribution in [0.1, 0.15) is 25.6 Å². The van der Waals surface area contributed by atoms with Gasteiger partial charge in [0, 0.05) is 5.92 Å². The van der Waals surface area contributed by atoms with Gasteiger partial charge in [-0.15, -0.1) is 0 Å². The molecule has 0 amide bonds. The molecule has 2 aromatic heterocycles. The Hall–Kier alpha value is -0.920. The van der Waals surface area contributed by atoms with Crippen molar-refractivity contribution in [1.82, 2.24) is 20.2 Å². The number of fused-ring (bicyclic) bond motifs is 1. The monoisotopic (exact) mass is 303 g/mol. The average Bonchev–Trinajstić information content (AvgIpc) is 2.48. The predicted molar refractivity (Wildman–Crippen MR) is 62.9 cm³/mol. The number of nitrogens with two attached hydrogens (primary N) is 1. The molecular weight excluding hydrogens is 293 g/mol. The number of aromatic amines is 1. The number of hydrogen-bond acceptors (Lipinski definition) is 4. The Bertz CT molecular complexity index is 476. The molecule has 0 aromatic carbocycles. The van der Waals surface area contributed by atoms with E-state index < -0.39 is 0 Å². The number of nitrogen functional groups attached to an aromatic ring is 1. The number of rotatable bonds is 1. The Labute approximate surface area is 94.6 Å². The summed E-state index contributed by atoms with van der Waals surface area (Å²) in [6, 6.07) is 0. The Morgan fingerprint density at radius 1 is 1.36 bits per heavy atom. The summed E-state index contributed by atoms with van der Waals surface area (Å²) in [7, 11) is 0. The molecule has 0 radical (unpaired) electrons. The van der Waals surface area contributed by atoms with Gasteiger partial charge in [-0.2, -0.15) is 5.10 Å². The molecule has 0 fully saturated rings. The van der Waals surface area contributed by atoms with Crippen molar-refractivity contribution in [3.63, 3.8) is 0 Å². The van der Waals surface area contributed by atoms with E-state index in [2.05, 4.69) is 42.8 Å². The van der Waals surface area contributed by atoms with Gasteiger partial charge in [0.2, 0.25) is 0 Å². The molecule has 0 saturated heterocycles. The van der Waals surface area contributed by atoms with E-state index >= 15 is 0 Å². The lowest BCUT2D eigenvalue weighted by molar-refractivity contribution is 0.783. The van der Waals surface area contributed by atoms with Gasteiger partial charge >= 0.3 is 0 Å². The summed E-state index contributed by atoms with van der Waals surface area (Å²) >= 11 is 2.11. The van der Waals surface area contributed by atoms with Crippen LogP contribution in [0.4, 0.5) is 5.82 Å². The fraction of sp³-hybridized carbons (Fsp3) is 0.375. The highest BCUT2D eigenvalue weighted by Gasteiger charge is 2.12. The molecule has 2 aromatic rings. The van der Waals surface area contributed by atoms with Gasteiger partial charge in [0.1, 0.15) is 15.3 Å². The molecule has 0 saturated carbocycles. The molecule has 2 rings (SSSR count). The summed E-state index contributed by atoms with van der Waals surface area (Å²) in [6.07, 6.45) is 0. The van der Waals surface area contributed by atoms with Crippen molar-refractivity contribution < 1.29 is 0 Å². The normalized spacial score (nSPS) is 11.4. The summed E-state index contributed by atoms with van der Waals surface area (Å²) in [6.45, 7) is 4.06. The maximum atomic E-state index is 5.82. The molecule has 5 nitrogen and oxygen atoms in total. The number of nitrogens with one attached hydrogen (secondary N) is 1. The second kappa shape index (κ2) is 3.34. The van der Waals surface area contributed by atoms with E-state index in [1.54, 1.807) is 0 Å². The first-order valence-electron chi connectivity index (χ1n) is 4.26. The van der Waals surface area contributed by atoms with Gasteiger partial charge < -0.3 is 5.73 Å². The van der Waals surface area contributed by atoms with E-state index in [1.165, 1.54) is 0 Å². The van der Waals surface area contributed by atoms with Crippen molar-refractivity contribution in [3.8, 4) is 0 Å². The largest absolute Gasteiger partial charge is 0.383 e. The van der Waals surface area contributed by atoms with Gasteiger partial charge in [0.25, 0.3) is 0 Å². The first-order chi connectivity index (χ1) is 6.59. The second-order valence-corrected chi connectivity index (χ2v) is 4.38. The summed E-state index contributed by atoms with van der Waals surface area (Å²) in [5.74, 6) is 1.51. The Morgan fingerprint density at radius 3 is 2.71 bits per heavy atom. The van der Waals surface area contributed by atoms with E-state index in [4.69, 9.17) is 5.73 Å². The first kappa shape index (κ1) is 9.63. The highest BCUT2D eigenvalue weighted by atomic mass is 127. The number of aromatic nitrogens is 4. The maximum Gasteiger partial charge on any atom is 0.162 e. The van der Waals surface area contributed by atoms with Gasteiger partial charge in [-0.25, -0.2) is 9.97 Å². The molecule has 6 heteroatoms. The van der Waals surface area contributed by atoms with Crippen LogP contribution in [0.5, 0.6) is 0 Å². The van der Waals surface area contributed by atoms with Crippen molar-refractivity contribution in [2.45, 2.75) is 19.8 Å². The SMILES string of the molecule is CC(C)c1nc(N)c2c(I)n[nH]c2n1. The van der Waals surface area contributed by atoms with Crippen LogP contribution in [-0.2, 0) is 0 Å². The molecule has 0 aliphatic rings. The third-order valence-electron chi connectivity index (χ3n) is 1.94. The number of H-pyrrole nitrogens is 1. The number of halogens is 1. The lowest BCUT2D eigenvalue weighted by atomic mass is 10.2.